The third-order valence-electron chi connectivity index (χ3n) is 3.87. The highest BCUT2D eigenvalue weighted by atomic mass is 16.5. The van der Waals surface area contributed by atoms with Crippen LogP contribution in [0.25, 0.3) is 0 Å². The summed E-state index contributed by atoms with van der Waals surface area (Å²) < 4.78 is 5.46. The largest absolute Gasteiger partial charge is 0.496 e. The molecular weight excluding hydrogens is 236 g/mol. The Hall–Kier alpha value is -2.09. The number of hydrogen-bond donors (Lipinski definition) is 0. The lowest BCUT2D eigenvalue weighted by Gasteiger charge is -2.28. The van der Waals surface area contributed by atoms with Crippen LogP contribution in [0, 0.1) is 0 Å². The van der Waals surface area contributed by atoms with Crippen molar-refractivity contribution in [3.8, 4) is 5.75 Å². The van der Waals surface area contributed by atoms with Gasteiger partial charge in [-0.3, -0.25) is 4.79 Å². The van der Waals surface area contributed by atoms with Gasteiger partial charge in [0.05, 0.1) is 7.11 Å². The summed E-state index contributed by atoms with van der Waals surface area (Å²) in [5.41, 5.74) is 3.77. The highest BCUT2D eigenvalue weighted by Crippen LogP contribution is 2.42. The van der Waals surface area contributed by atoms with Gasteiger partial charge in [-0.2, -0.15) is 0 Å². The second-order valence-electron chi connectivity index (χ2n) is 4.80. The maximum Gasteiger partial charge on any atom is 0.193 e. The Morgan fingerprint density at radius 3 is 2.53 bits per heavy atom. The van der Waals surface area contributed by atoms with Crippen LogP contribution in [0.5, 0.6) is 5.75 Å². The van der Waals surface area contributed by atoms with Gasteiger partial charge in [0.2, 0.25) is 0 Å². The quantitative estimate of drug-likeness (QED) is 0.813. The number of fused-ring (bicyclic) bond motifs is 2. The standard InChI is InChI=1S/C17H16O2/c1-3-11-12-7-4-5-8-13(12)17(18)14-9-6-10-15(19-2)16(11)14/h4-11H,3H2,1-2H3. The molecule has 0 radical (unpaired) electrons. The third kappa shape index (κ3) is 1.67. The van der Waals surface area contributed by atoms with Crippen molar-refractivity contribution >= 4 is 5.78 Å². The minimum atomic E-state index is 0.106. The minimum Gasteiger partial charge on any atom is -0.496 e. The van der Waals surface area contributed by atoms with E-state index in [0.717, 1.165) is 34.4 Å². The van der Waals surface area contributed by atoms with Crippen molar-refractivity contribution in [2.24, 2.45) is 0 Å². The summed E-state index contributed by atoms with van der Waals surface area (Å²) in [6.07, 6.45) is 0.956. The van der Waals surface area contributed by atoms with Gasteiger partial charge in [0, 0.05) is 22.6 Å². The first-order valence-electron chi connectivity index (χ1n) is 6.58. The number of rotatable bonds is 2. The summed E-state index contributed by atoms with van der Waals surface area (Å²) in [6, 6.07) is 13.6. The molecule has 0 fully saturated rings. The van der Waals surface area contributed by atoms with E-state index in [1.807, 2.05) is 36.4 Å². The zero-order chi connectivity index (χ0) is 13.4. The fraction of sp³-hybridized carbons (Fsp3) is 0.235. The molecule has 19 heavy (non-hydrogen) atoms. The number of hydrogen-bond acceptors (Lipinski definition) is 2. The van der Waals surface area contributed by atoms with Crippen LogP contribution in [0.1, 0.15) is 46.3 Å². The molecule has 0 saturated heterocycles. The molecule has 0 amide bonds. The molecule has 1 aliphatic rings. The molecule has 0 N–H and O–H groups in total. The molecule has 0 aromatic heterocycles. The summed E-state index contributed by atoms with van der Waals surface area (Å²) in [7, 11) is 1.66. The van der Waals surface area contributed by atoms with E-state index >= 15 is 0 Å². The van der Waals surface area contributed by atoms with Crippen LogP contribution in [-0.4, -0.2) is 12.9 Å². The molecule has 2 aromatic carbocycles. The van der Waals surface area contributed by atoms with Crippen LogP contribution in [0.2, 0.25) is 0 Å². The normalized spacial score (nSPS) is 16.7. The molecule has 1 unspecified atom stereocenters. The van der Waals surface area contributed by atoms with Crippen LogP contribution in [0.4, 0.5) is 0 Å². The Labute approximate surface area is 113 Å². The van der Waals surface area contributed by atoms with Crippen LogP contribution < -0.4 is 4.74 Å². The molecule has 0 heterocycles. The van der Waals surface area contributed by atoms with Gasteiger partial charge >= 0.3 is 0 Å². The SMILES string of the molecule is CCC1c2ccccc2C(=O)c2cccc(OC)c21. The van der Waals surface area contributed by atoms with Crippen LogP contribution in [0.3, 0.4) is 0 Å². The Kier molecular flexibility index (Phi) is 2.86. The van der Waals surface area contributed by atoms with E-state index < -0.39 is 0 Å². The van der Waals surface area contributed by atoms with Gasteiger partial charge in [-0.1, -0.05) is 43.3 Å². The lowest BCUT2D eigenvalue weighted by molar-refractivity contribution is 0.103. The smallest absolute Gasteiger partial charge is 0.193 e. The molecule has 3 rings (SSSR count). The van der Waals surface area contributed by atoms with Gasteiger partial charge < -0.3 is 4.74 Å². The van der Waals surface area contributed by atoms with Gasteiger partial charge in [0.25, 0.3) is 0 Å². The van der Waals surface area contributed by atoms with E-state index in [-0.39, 0.29) is 11.7 Å². The molecule has 0 saturated carbocycles. The van der Waals surface area contributed by atoms with E-state index in [2.05, 4.69) is 13.0 Å². The molecule has 2 aromatic rings. The zero-order valence-corrected chi connectivity index (χ0v) is 11.1. The van der Waals surface area contributed by atoms with Gasteiger partial charge in [-0.25, -0.2) is 0 Å². The van der Waals surface area contributed by atoms with Gasteiger partial charge in [0.1, 0.15) is 5.75 Å². The molecule has 96 valence electrons. The predicted octanol–water partition coefficient (Wildman–Crippen LogP) is 3.78. The van der Waals surface area contributed by atoms with Crippen molar-refractivity contribution < 1.29 is 9.53 Å². The van der Waals surface area contributed by atoms with Crippen molar-refractivity contribution in [1.82, 2.24) is 0 Å². The molecule has 0 aliphatic heterocycles. The first-order valence-corrected chi connectivity index (χ1v) is 6.58. The molecule has 2 nitrogen and oxygen atoms in total. The van der Waals surface area contributed by atoms with E-state index in [0.29, 0.717) is 0 Å². The summed E-state index contributed by atoms with van der Waals surface area (Å²) >= 11 is 0. The summed E-state index contributed by atoms with van der Waals surface area (Å²) in [6.45, 7) is 2.15. The van der Waals surface area contributed by atoms with Crippen molar-refractivity contribution in [1.29, 1.82) is 0 Å². The third-order valence-corrected chi connectivity index (χ3v) is 3.87. The lowest BCUT2D eigenvalue weighted by Crippen LogP contribution is -2.19. The summed E-state index contributed by atoms with van der Waals surface area (Å²) in [5.74, 6) is 1.15. The Bertz CT molecular complexity index is 643. The van der Waals surface area contributed by atoms with Crippen LogP contribution in [0.15, 0.2) is 42.5 Å². The highest BCUT2D eigenvalue weighted by molar-refractivity contribution is 6.13. The molecule has 0 bridgehead atoms. The second kappa shape index (κ2) is 4.54. The van der Waals surface area contributed by atoms with E-state index in [1.54, 1.807) is 7.11 Å². The molecule has 0 spiro atoms. The van der Waals surface area contributed by atoms with Crippen LogP contribution in [-0.2, 0) is 0 Å². The van der Waals surface area contributed by atoms with Crippen molar-refractivity contribution in [2.45, 2.75) is 19.3 Å². The number of carbonyl (C=O) groups excluding carboxylic acids is 1. The fourth-order valence-electron chi connectivity index (χ4n) is 3.01. The van der Waals surface area contributed by atoms with Gasteiger partial charge in [0.15, 0.2) is 5.78 Å². The van der Waals surface area contributed by atoms with Crippen molar-refractivity contribution in [3.63, 3.8) is 0 Å². The molecule has 1 aliphatic carbocycles. The predicted molar refractivity (Wildman–Crippen MR) is 75.0 cm³/mol. The number of benzene rings is 2. The van der Waals surface area contributed by atoms with E-state index in [4.69, 9.17) is 4.74 Å². The van der Waals surface area contributed by atoms with Crippen molar-refractivity contribution in [3.05, 3.63) is 64.7 Å². The Balaban J connectivity index is 2.31. The Morgan fingerprint density at radius 1 is 1.05 bits per heavy atom. The Morgan fingerprint density at radius 2 is 1.79 bits per heavy atom. The number of ketones is 1. The zero-order valence-electron chi connectivity index (χ0n) is 11.1. The average Bonchev–Trinajstić information content (AvgIpc) is 2.47. The highest BCUT2D eigenvalue weighted by Gasteiger charge is 2.31. The number of carbonyl (C=O) groups is 1. The maximum atomic E-state index is 12.6. The fourth-order valence-corrected chi connectivity index (χ4v) is 3.01. The van der Waals surface area contributed by atoms with Crippen LogP contribution >= 0.6 is 0 Å². The van der Waals surface area contributed by atoms with Crippen molar-refractivity contribution in [2.75, 3.05) is 7.11 Å². The number of ether oxygens (including phenoxy) is 1. The van der Waals surface area contributed by atoms with E-state index in [9.17, 15) is 4.79 Å². The van der Waals surface area contributed by atoms with Gasteiger partial charge in [-0.15, -0.1) is 0 Å². The summed E-state index contributed by atoms with van der Waals surface area (Å²) in [5, 5.41) is 0. The number of methoxy groups -OCH3 is 1. The monoisotopic (exact) mass is 252 g/mol. The average molecular weight is 252 g/mol. The van der Waals surface area contributed by atoms with E-state index in [1.165, 1.54) is 0 Å². The second-order valence-corrected chi connectivity index (χ2v) is 4.80. The van der Waals surface area contributed by atoms with Gasteiger partial charge in [-0.05, 0) is 18.1 Å². The molecule has 1 atom stereocenters. The topological polar surface area (TPSA) is 26.3 Å². The first kappa shape index (κ1) is 12.0. The molecular formula is C17H16O2. The minimum absolute atomic E-state index is 0.106. The lowest BCUT2D eigenvalue weighted by atomic mass is 9.76. The summed E-state index contributed by atoms with van der Waals surface area (Å²) in [4.78, 5) is 12.6. The maximum absolute atomic E-state index is 12.6. The molecule has 2 heteroatoms. The first-order chi connectivity index (χ1) is 9.27.